The maximum Gasteiger partial charge on any atom is 0.231 e. The van der Waals surface area contributed by atoms with Crippen molar-refractivity contribution >= 4 is 52.3 Å². The molecule has 4 rings (SSSR count). The fraction of sp³-hybridized carbons (Fsp3) is 0.391. The number of aromatic nitrogens is 1. The van der Waals surface area contributed by atoms with Gasteiger partial charge in [-0.2, -0.15) is 0 Å². The summed E-state index contributed by atoms with van der Waals surface area (Å²) in [4.78, 5) is 18.3. The Morgan fingerprint density at radius 2 is 1.70 bits per heavy atom. The van der Waals surface area contributed by atoms with Gasteiger partial charge in [-0.05, 0) is 50.3 Å². The van der Waals surface area contributed by atoms with E-state index in [-0.39, 0.29) is 42.8 Å². The van der Waals surface area contributed by atoms with E-state index in [2.05, 4.69) is 11.4 Å². The maximum atomic E-state index is 13.5. The first-order valence-corrected chi connectivity index (χ1v) is 10.8. The van der Waals surface area contributed by atoms with Crippen LogP contribution in [0.1, 0.15) is 43.2 Å². The number of hydrogen-bond acceptors (Lipinski definition) is 4. The van der Waals surface area contributed by atoms with Crippen molar-refractivity contribution in [2.45, 2.75) is 56.5 Å². The Morgan fingerprint density at radius 1 is 1.07 bits per heavy atom. The second-order valence-corrected chi connectivity index (χ2v) is 9.15. The van der Waals surface area contributed by atoms with Gasteiger partial charge in [0.15, 0.2) is 0 Å². The predicted octanol–water partition coefficient (Wildman–Crippen LogP) is 5.03. The van der Waals surface area contributed by atoms with Crippen LogP contribution in [-0.2, 0) is 16.6 Å². The van der Waals surface area contributed by atoms with Gasteiger partial charge in [0.25, 0.3) is 0 Å². The highest BCUT2D eigenvalue weighted by Gasteiger charge is 2.37. The van der Waals surface area contributed by atoms with Gasteiger partial charge >= 0.3 is 0 Å². The molecule has 1 saturated carbocycles. The third-order valence-electron chi connectivity index (χ3n) is 5.86. The van der Waals surface area contributed by atoms with Crippen molar-refractivity contribution in [2.75, 3.05) is 0 Å². The molecule has 0 radical (unpaired) electrons. The summed E-state index contributed by atoms with van der Waals surface area (Å²) in [5, 5.41) is 4.31. The van der Waals surface area contributed by atoms with Gasteiger partial charge in [-0.15, -0.1) is 36.2 Å². The fourth-order valence-electron chi connectivity index (χ4n) is 4.03. The molecule has 0 aliphatic heterocycles. The zero-order valence-electron chi connectivity index (χ0n) is 17.0. The van der Waals surface area contributed by atoms with Gasteiger partial charge in [-0.25, -0.2) is 4.98 Å². The molecule has 1 aliphatic carbocycles. The zero-order valence-corrected chi connectivity index (χ0v) is 19.5. The molecular formula is C23H29Cl2N3OS. The van der Waals surface area contributed by atoms with E-state index < -0.39 is 5.41 Å². The number of carbonyl (C=O) groups excluding carboxylic acids is 1. The van der Waals surface area contributed by atoms with E-state index >= 15 is 0 Å². The highest BCUT2D eigenvalue weighted by molar-refractivity contribution is 7.18. The van der Waals surface area contributed by atoms with Crippen molar-refractivity contribution in [1.29, 1.82) is 0 Å². The Hall–Kier alpha value is -1.66. The van der Waals surface area contributed by atoms with E-state index in [9.17, 15) is 4.79 Å². The molecule has 1 aromatic heterocycles. The van der Waals surface area contributed by atoms with Gasteiger partial charge in [0.2, 0.25) is 5.91 Å². The number of carbonyl (C=O) groups is 1. The molecule has 1 fully saturated rings. The molecule has 0 saturated heterocycles. The SMILES string of the molecule is CC(Cc1nc2ccccc2s1)(C(=O)NC1CCC(N)CC1)c1ccccc1.Cl.Cl. The van der Waals surface area contributed by atoms with Crippen molar-refractivity contribution < 1.29 is 4.79 Å². The molecule has 4 nitrogen and oxygen atoms in total. The number of fused-ring (bicyclic) bond motifs is 1. The molecule has 7 heteroatoms. The van der Waals surface area contributed by atoms with Crippen molar-refractivity contribution in [3.8, 4) is 0 Å². The number of hydrogen-bond donors (Lipinski definition) is 2. The average Bonchev–Trinajstić information content (AvgIpc) is 3.12. The lowest BCUT2D eigenvalue weighted by atomic mass is 9.78. The van der Waals surface area contributed by atoms with Crippen LogP contribution in [-0.4, -0.2) is 23.0 Å². The number of nitrogens with zero attached hydrogens (tertiary/aromatic N) is 1. The topological polar surface area (TPSA) is 68.0 Å². The lowest BCUT2D eigenvalue weighted by Crippen LogP contribution is -2.49. The third kappa shape index (κ3) is 5.33. The molecule has 3 N–H and O–H groups in total. The van der Waals surface area contributed by atoms with Crippen LogP contribution in [0.3, 0.4) is 0 Å². The number of para-hydroxylation sites is 1. The van der Waals surface area contributed by atoms with Gasteiger partial charge in [0.1, 0.15) is 0 Å². The number of halogens is 2. The Bertz CT molecular complexity index is 924. The fourth-order valence-corrected chi connectivity index (χ4v) is 5.15. The van der Waals surface area contributed by atoms with Crippen molar-refractivity contribution in [3.63, 3.8) is 0 Å². The average molecular weight is 466 g/mol. The molecule has 1 heterocycles. The molecule has 1 aliphatic rings. The van der Waals surface area contributed by atoms with E-state index in [0.717, 1.165) is 46.5 Å². The van der Waals surface area contributed by atoms with Crippen molar-refractivity contribution in [1.82, 2.24) is 10.3 Å². The van der Waals surface area contributed by atoms with Crippen LogP contribution in [0.2, 0.25) is 0 Å². The number of benzene rings is 2. The normalized spacial score (nSPS) is 20.5. The summed E-state index contributed by atoms with van der Waals surface area (Å²) >= 11 is 1.67. The van der Waals surface area contributed by atoms with Gasteiger partial charge in [-0.1, -0.05) is 42.5 Å². The molecule has 0 spiro atoms. The highest BCUT2D eigenvalue weighted by atomic mass is 35.5. The molecule has 1 atom stereocenters. The number of nitrogens with one attached hydrogen (secondary N) is 1. The maximum absolute atomic E-state index is 13.5. The molecule has 2 aromatic carbocycles. The standard InChI is InChI=1S/C23H27N3OS.2ClH/c1-23(16-7-3-2-4-8-16,22(27)25-18-13-11-17(24)12-14-18)15-21-26-19-9-5-6-10-20(19)28-21;;/h2-10,17-18H,11-15,24H2,1H3,(H,25,27);2*1H. The minimum Gasteiger partial charge on any atom is -0.353 e. The van der Waals surface area contributed by atoms with E-state index in [0.29, 0.717) is 6.42 Å². The van der Waals surface area contributed by atoms with Crippen LogP contribution < -0.4 is 11.1 Å². The van der Waals surface area contributed by atoms with E-state index in [4.69, 9.17) is 10.7 Å². The van der Waals surface area contributed by atoms with Gasteiger partial charge < -0.3 is 11.1 Å². The van der Waals surface area contributed by atoms with Gasteiger partial charge in [0.05, 0.1) is 20.6 Å². The van der Waals surface area contributed by atoms with Crippen molar-refractivity contribution in [2.24, 2.45) is 5.73 Å². The summed E-state index contributed by atoms with van der Waals surface area (Å²) in [6.07, 6.45) is 4.46. The van der Waals surface area contributed by atoms with Crippen LogP contribution >= 0.6 is 36.2 Å². The minimum absolute atomic E-state index is 0. The zero-order chi connectivity index (χ0) is 19.6. The first-order chi connectivity index (χ1) is 13.5. The second-order valence-electron chi connectivity index (χ2n) is 8.04. The Kier molecular flexibility index (Phi) is 8.68. The first kappa shape index (κ1) is 24.6. The molecule has 30 heavy (non-hydrogen) atoms. The second kappa shape index (κ2) is 10.6. The number of nitrogens with two attached hydrogens (primary N) is 1. The smallest absolute Gasteiger partial charge is 0.231 e. The number of amides is 1. The van der Waals surface area contributed by atoms with Crippen LogP contribution in [0.5, 0.6) is 0 Å². The van der Waals surface area contributed by atoms with Crippen LogP contribution in [0.15, 0.2) is 54.6 Å². The lowest BCUT2D eigenvalue weighted by Gasteiger charge is -2.33. The van der Waals surface area contributed by atoms with E-state index in [1.807, 2.05) is 55.5 Å². The van der Waals surface area contributed by atoms with Crippen molar-refractivity contribution in [3.05, 3.63) is 65.2 Å². The van der Waals surface area contributed by atoms with Crippen LogP contribution in [0.4, 0.5) is 0 Å². The van der Waals surface area contributed by atoms with Gasteiger partial charge in [0, 0.05) is 18.5 Å². The molecule has 1 unspecified atom stereocenters. The summed E-state index contributed by atoms with van der Waals surface area (Å²) in [6, 6.07) is 18.7. The predicted molar refractivity (Wildman–Crippen MR) is 130 cm³/mol. The quantitative estimate of drug-likeness (QED) is 0.555. The summed E-state index contributed by atoms with van der Waals surface area (Å²) in [5.74, 6) is 0.0819. The molecular weight excluding hydrogens is 437 g/mol. The molecule has 3 aromatic rings. The first-order valence-electron chi connectivity index (χ1n) is 10.0. The number of rotatable bonds is 5. The summed E-state index contributed by atoms with van der Waals surface area (Å²) in [5.41, 5.74) is 7.39. The summed E-state index contributed by atoms with van der Waals surface area (Å²) in [6.45, 7) is 2.04. The summed E-state index contributed by atoms with van der Waals surface area (Å²) < 4.78 is 1.16. The third-order valence-corrected chi connectivity index (χ3v) is 6.90. The van der Waals surface area contributed by atoms with E-state index in [1.165, 1.54) is 0 Å². The number of thiazole rings is 1. The Balaban J connectivity index is 0.00000160. The monoisotopic (exact) mass is 465 g/mol. The summed E-state index contributed by atoms with van der Waals surface area (Å²) in [7, 11) is 0. The lowest BCUT2D eigenvalue weighted by molar-refractivity contribution is -0.127. The minimum atomic E-state index is -0.658. The molecule has 1 amide bonds. The molecule has 162 valence electrons. The Morgan fingerprint density at radius 3 is 2.37 bits per heavy atom. The van der Waals surface area contributed by atoms with Crippen LogP contribution in [0.25, 0.3) is 10.2 Å². The van der Waals surface area contributed by atoms with Crippen LogP contribution in [0, 0.1) is 0 Å². The Labute approximate surface area is 194 Å². The van der Waals surface area contributed by atoms with Gasteiger partial charge in [-0.3, -0.25) is 4.79 Å². The molecule has 0 bridgehead atoms. The highest BCUT2D eigenvalue weighted by Crippen LogP contribution is 2.33. The largest absolute Gasteiger partial charge is 0.353 e. The van der Waals surface area contributed by atoms with E-state index in [1.54, 1.807) is 11.3 Å².